The molecule has 150 valence electrons. The normalized spacial score (nSPS) is 18.7. The summed E-state index contributed by atoms with van der Waals surface area (Å²) in [6, 6.07) is 7.78. The maximum absolute atomic E-state index is 12.5. The van der Waals surface area contributed by atoms with E-state index in [0.29, 0.717) is 25.5 Å². The SMILES string of the molecule is CCCCOC(=O)c1cc(N2CCC3(CC2)OCCO3)c2cc(Br)ccc2n1. The number of rotatable bonds is 5. The van der Waals surface area contributed by atoms with Crippen LogP contribution in [0.3, 0.4) is 0 Å². The number of carbonyl (C=O) groups excluding carboxylic acids is 1. The molecule has 2 aliphatic heterocycles. The van der Waals surface area contributed by atoms with E-state index < -0.39 is 5.79 Å². The first kappa shape index (κ1) is 19.6. The number of hydrogen-bond donors (Lipinski definition) is 0. The lowest BCUT2D eigenvalue weighted by Crippen LogP contribution is -2.45. The first-order valence-corrected chi connectivity index (χ1v) is 10.7. The number of anilines is 1. The summed E-state index contributed by atoms with van der Waals surface area (Å²) in [5, 5.41) is 1.02. The van der Waals surface area contributed by atoms with Crippen molar-refractivity contribution < 1.29 is 19.0 Å². The third kappa shape index (κ3) is 4.02. The van der Waals surface area contributed by atoms with Gasteiger partial charge in [0.25, 0.3) is 0 Å². The highest BCUT2D eigenvalue weighted by molar-refractivity contribution is 9.10. The zero-order valence-corrected chi connectivity index (χ0v) is 17.7. The Morgan fingerprint density at radius 1 is 1.25 bits per heavy atom. The van der Waals surface area contributed by atoms with Crippen LogP contribution >= 0.6 is 15.9 Å². The molecule has 3 heterocycles. The highest BCUT2D eigenvalue weighted by Gasteiger charge is 2.40. The summed E-state index contributed by atoms with van der Waals surface area (Å²) in [6.07, 6.45) is 3.45. The number of unbranched alkanes of at least 4 members (excludes halogenated alkanes) is 1. The van der Waals surface area contributed by atoms with Gasteiger partial charge in [0.1, 0.15) is 0 Å². The van der Waals surface area contributed by atoms with Gasteiger partial charge in [-0.2, -0.15) is 0 Å². The molecule has 0 atom stereocenters. The molecule has 0 saturated carbocycles. The van der Waals surface area contributed by atoms with Crippen molar-refractivity contribution in [1.29, 1.82) is 0 Å². The summed E-state index contributed by atoms with van der Waals surface area (Å²) in [5.74, 6) is -0.794. The van der Waals surface area contributed by atoms with E-state index in [1.165, 1.54) is 0 Å². The average Bonchev–Trinajstić information content (AvgIpc) is 3.16. The van der Waals surface area contributed by atoms with Gasteiger partial charge in [0.15, 0.2) is 11.5 Å². The molecular formula is C21H25BrN2O4. The minimum Gasteiger partial charge on any atom is -0.461 e. The number of piperidine rings is 1. The molecule has 0 aliphatic carbocycles. The molecule has 0 unspecified atom stereocenters. The molecule has 2 aliphatic rings. The zero-order chi connectivity index (χ0) is 19.6. The van der Waals surface area contributed by atoms with E-state index in [1.807, 2.05) is 18.2 Å². The highest BCUT2D eigenvalue weighted by Crippen LogP contribution is 2.36. The molecule has 7 heteroatoms. The van der Waals surface area contributed by atoms with Crippen molar-refractivity contribution in [1.82, 2.24) is 4.98 Å². The van der Waals surface area contributed by atoms with Crippen LogP contribution in [-0.4, -0.2) is 49.7 Å². The molecule has 2 fully saturated rings. The van der Waals surface area contributed by atoms with Crippen LogP contribution in [0.15, 0.2) is 28.7 Å². The van der Waals surface area contributed by atoms with Crippen LogP contribution < -0.4 is 4.90 Å². The van der Waals surface area contributed by atoms with Crippen molar-refractivity contribution in [3.8, 4) is 0 Å². The predicted octanol–water partition coefficient (Wildman–Crippen LogP) is 4.30. The quantitative estimate of drug-likeness (QED) is 0.501. The molecule has 0 amide bonds. The van der Waals surface area contributed by atoms with Gasteiger partial charge in [-0.25, -0.2) is 9.78 Å². The summed E-state index contributed by atoms with van der Waals surface area (Å²) in [4.78, 5) is 19.4. The maximum atomic E-state index is 12.5. The Kier molecular flexibility index (Phi) is 5.85. The van der Waals surface area contributed by atoms with Crippen molar-refractivity contribution in [2.24, 2.45) is 0 Å². The van der Waals surface area contributed by atoms with E-state index in [4.69, 9.17) is 14.2 Å². The fourth-order valence-corrected chi connectivity index (χ4v) is 4.16. The number of benzene rings is 1. The van der Waals surface area contributed by atoms with Gasteiger partial charge in [0.2, 0.25) is 0 Å². The number of halogens is 1. The number of nitrogens with zero attached hydrogens (tertiary/aromatic N) is 2. The average molecular weight is 449 g/mol. The Labute approximate surface area is 173 Å². The topological polar surface area (TPSA) is 60.9 Å². The van der Waals surface area contributed by atoms with E-state index in [1.54, 1.807) is 0 Å². The third-order valence-electron chi connectivity index (χ3n) is 5.37. The van der Waals surface area contributed by atoms with Gasteiger partial charge in [0.05, 0.1) is 25.3 Å². The van der Waals surface area contributed by atoms with E-state index in [2.05, 4.69) is 38.8 Å². The van der Waals surface area contributed by atoms with Crippen molar-refractivity contribution in [3.63, 3.8) is 0 Å². The molecular weight excluding hydrogens is 424 g/mol. The molecule has 1 aromatic carbocycles. The van der Waals surface area contributed by atoms with Crippen molar-refractivity contribution in [3.05, 3.63) is 34.4 Å². The van der Waals surface area contributed by atoms with Gasteiger partial charge in [-0.05, 0) is 30.7 Å². The summed E-state index contributed by atoms with van der Waals surface area (Å²) >= 11 is 3.55. The molecule has 4 rings (SSSR count). The van der Waals surface area contributed by atoms with E-state index in [0.717, 1.165) is 59.8 Å². The minimum absolute atomic E-state index is 0.356. The number of carbonyl (C=O) groups is 1. The summed E-state index contributed by atoms with van der Waals surface area (Å²) in [5.41, 5.74) is 2.15. The largest absolute Gasteiger partial charge is 0.461 e. The van der Waals surface area contributed by atoms with Crippen molar-refractivity contribution in [2.45, 2.75) is 38.4 Å². The van der Waals surface area contributed by atoms with E-state index in [-0.39, 0.29) is 5.97 Å². The molecule has 0 N–H and O–H groups in total. The Morgan fingerprint density at radius 2 is 2.00 bits per heavy atom. The molecule has 1 spiro atoms. The minimum atomic E-state index is -0.429. The Bertz CT molecular complexity index is 857. The second-order valence-corrected chi connectivity index (χ2v) is 8.19. The van der Waals surface area contributed by atoms with Gasteiger partial charge in [-0.15, -0.1) is 0 Å². The number of hydrogen-bond acceptors (Lipinski definition) is 6. The molecule has 0 radical (unpaired) electrons. The molecule has 6 nitrogen and oxygen atoms in total. The monoisotopic (exact) mass is 448 g/mol. The second-order valence-electron chi connectivity index (χ2n) is 7.27. The van der Waals surface area contributed by atoms with Crippen LogP contribution in [0.25, 0.3) is 10.9 Å². The van der Waals surface area contributed by atoms with Crippen LogP contribution in [0.5, 0.6) is 0 Å². The molecule has 2 aromatic rings. The van der Waals surface area contributed by atoms with Gasteiger partial charge < -0.3 is 19.1 Å². The maximum Gasteiger partial charge on any atom is 0.357 e. The zero-order valence-electron chi connectivity index (χ0n) is 16.1. The Balaban J connectivity index is 1.63. The summed E-state index contributed by atoms with van der Waals surface area (Å²) in [7, 11) is 0. The molecule has 0 bridgehead atoms. The van der Waals surface area contributed by atoms with Crippen LogP contribution in [0.4, 0.5) is 5.69 Å². The fourth-order valence-electron chi connectivity index (χ4n) is 3.80. The Hall–Kier alpha value is -1.70. The highest BCUT2D eigenvalue weighted by atomic mass is 79.9. The third-order valence-corrected chi connectivity index (χ3v) is 5.86. The van der Waals surface area contributed by atoms with Gasteiger partial charge >= 0.3 is 5.97 Å². The van der Waals surface area contributed by atoms with Crippen molar-refractivity contribution >= 4 is 38.5 Å². The predicted molar refractivity (Wildman–Crippen MR) is 111 cm³/mol. The smallest absolute Gasteiger partial charge is 0.357 e. The first-order chi connectivity index (χ1) is 13.6. The van der Waals surface area contributed by atoms with Gasteiger partial charge in [-0.1, -0.05) is 29.3 Å². The van der Waals surface area contributed by atoms with E-state index in [9.17, 15) is 4.79 Å². The van der Waals surface area contributed by atoms with Crippen LogP contribution in [0, 0.1) is 0 Å². The second kappa shape index (κ2) is 8.35. The number of ether oxygens (including phenoxy) is 3. The van der Waals surface area contributed by atoms with Crippen molar-refractivity contribution in [2.75, 3.05) is 37.8 Å². The number of pyridine rings is 1. The van der Waals surface area contributed by atoms with Gasteiger partial charge in [0, 0.05) is 41.5 Å². The standard InChI is InChI=1S/C21H25BrN2O4/c1-2-3-10-26-20(25)18-14-19(16-13-15(22)4-5-17(16)23-18)24-8-6-21(7-9-24)27-11-12-28-21/h4-5,13-14H,2-3,6-12H2,1H3. The lowest BCUT2D eigenvalue weighted by Gasteiger charge is -2.39. The summed E-state index contributed by atoms with van der Waals surface area (Å²) < 4.78 is 18.1. The lowest BCUT2D eigenvalue weighted by molar-refractivity contribution is -0.169. The molecule has 1 aromatic heterocycles. The van der Waals surface area contributed by atoms with E-state index >= 15 is 0 Å². The van der Waals surface area contributed by atoms with Gasteiger partial charge in [-0.3, -0.25) is 0 Å². The number of fused-ring (bicyclic) bond motifs is 1. The summed E-state index contributed by atoms with van der Waals surface area (Å²) in [6.45, 7) is 5.42. The number of aromatic nitrogens is 1. The fraction of sp³-hybridized carbons (Fsp3) is 0.524. The van der Waals surface area contributed by atoms with Crippen LogP contribution in [0.1, 0.15) is 43.1 Å². The molecule has 2 saturated heterocycles. The van der Waals surface area contributed by atoms with Crippen LogP contribution in [-0.2, 0) is 14.2 Å². The lowest BCUT2D eigenvalue weighted by atomic mass is 10.0. The first-order valence-electron chi connectivity index (χ1n) is 9.90. The molecule has 28 heavy (non-hydrogen) atoms. The number of esters is 1. The Morgan fingerprint density at radius 3 is 2.71 bits per heavy atom. The van der Waals surface area contributed by atoms with Crippen LogP contribution in [0.2, 0.25) is 0 Å².